The first-order valence-corrected chi connectivity index (χ1v) is 6.18. The molecule has 0 amide bonds. The van der Waals surface area contributed by atoms with Crippen LogP contribution in [0.2, 0.25) is 0 Å². The molecular weight excluding hydrogens is 285 g/mol. The van der Waals surface area contributed by atoms with Crippen molar-refractivity contribution in [1.29, 1.82) is 0 Å². The van der Waals surface area contributed by atoms with Crippen LogP contribution in [0, 0.1) is 0 Å². The minimum absolute atomic E-state index is 0.0606. The fourth-order valence-electron chi connectivity index (χ4n) is 1.91. The van der Waals surface area contributed by atoms with E-state index in [1.807, 2.05) is 12.1 Å². The number of hydrogen-bond acceptors (Lipinski definition) is 4. The molecule has 7 heteroatoms. The molecule has 0 saturated carbocycles. The van der Waals surface area contributed by atoms with Crippen molar-refractivity contribution < 1.29 is 22.7 Å². The summed E-state index contributed by atoms with van der Waals surface area (Å²) < 4.78 is 40.1. The summed E-state index contributed by atoms with van der Waals surface area (Å²) in [5.74, 6) is -1.08. The number of fused-ring (bicyclic) bond motifs is 1. The molecule has 2 aromatic rings. The molecule has 0 fully saturated rings. The molecule has 0 aliphatic heterocycles. The lowest BCUT2D eigenvalue weighted by atomic mass is 10.0. The van der Waals surface area contributed by atoms with Crippen molar-refractivity contribution in [3.8, 4) is 0 Å². The number of halogens is 3. The normalized spacial score (nSPS) is 13.1. The van der Waals surface area contributed by atoms with Crippen LogP contribution in [-0.2, 0) is 16.0 Å². The minimum atomic E-state index is -4.56. The van der Waals surface area contributed by atoms with E-state index in [2.05, 4.69) is 9.72 Å². The maximum atomic E-state index is 12.0. The average molecular weight is 298 g/mol. The molecule has 0 bridgehead atoms. The Morgan fingerprint density at radius 2 is 2.00 bits per heavy atom. The quantitative estimate of drug-likeness (QED) is 0.879. The second-order valence-electron chi connectivity index (χ2n) is 4.53. The van der Waals surface area contributed by atoms with Gasteiger partial charge < -0.3 is 10.5 Å². The van der Waals surface area contributed by atoms with Crippen molar-refractivity contribution in [1.82, 2.24) is 4.98 Å². The maximum Gasteiger partial charge on any atom is 0.422 e. The Labute approximate surface area is 118 Å². The molecule has 0 spiro atoms. The van der Waals surface area contributed by atoms with Gasteiger partial charge in [-0.2, -0.15) is 13.2 Å². The predicted octanol–water partition coefficient (Wildman–Crippen LogP) is 2.21. The van der Waals surface area contributed by atoms with Crippen LogP contribution in [0.3, 0.4) is 0 Å². The molecular formula is C14H13F3N2O2. The molecule has 1 atom stereocenters. The molecule has 112 valence electrons. The summed E-state index contributed by atoms with van der Waals surface area (Å²) in [6, 6.07) is 7.79. The summed E-state index contributed by atoms with van der Waals surface area (Å²) in [4.78, 5) is 15.7. The summed E-state index contributed by atoms with van der Waals surface area (Å²) >= 11 is 0. The Morgan fingerprint density at radius 3 is 2.71 bits per heavy atom. The van der Waals surface area contributed by atoms with Crippen molar-refractivity contribution in [3.05, 3.63) is 42.1 Å². The van der Waals surface area contributed by atoms with Gasteiger partial charge >= 0.3 is 12.1 Å². The van der Waals surface area contributed by atoms with Crippen molar-refractivity contribution in [2.75, 3.05) is 6.61 Å². The van der Waals surface area contributed by atoms with E-state index in [9.17, 15) is 18.0 Å². The number of carbonyl (C=O) groups excluding carboxylic acids is 1. The molecule has 4 nitrogen and oxygen atoms in total. The van der Waals surface area contributed by atoms with Crippen LogP contribution < -0.4 is 5.73 Å². The summed E-state index contributed by atoms with van der Waals surface area (Å²) in [6.07, 6.45) is -2.90. The van der Waals surface area contributed by atoms with Gasteiger partial charge in [0.05, 0.1) is 5.52 Å². The van der Waals surface area contributed by atoms with Crippen molar-refractivity contribution in [2.24, 2.45) is 5.73 Å². The maximum absolute atomic E-state index is 12.0. The lowest BCUT2D eigenvalue weighted by Gasteiger charge is -2.13. The highest BCUT2D eigenvalue weighted by Gasteiger charge is 2.30. The molecule has 2 N–H and O–H groups in total. The standard InChI is InChI=1S/C14H13F3N2O2/c15-14(16,17)8-21-13(20)11(18)7-10-4-1-3-9-5-2-6-19-12(9)10/h1-6,11H,7-8,18H2/t11-/m0/s1. The third kappa shape index (κ3) is 4.16. The first kappa shape index (κ1) is 15.2. The highest BCUT2D eigenvalue weighted by atomic mass is 19.4. The zero-order valence-electron chi connectivity index (χ0n) is 10.9. The smallest absolute Gasteiger partial charge is 0.422 e. The van der Waals surface area contributed by atoms with Gasteiger partial charge in [0.2, 0.25) is 0 Å². The molecule has 2 rings (SSSR count). The Bertz CT molecular complexity index is 638. The van der Waals surface area contributed by atoms with Crippen molar-refractivity contribution in [3.63, 3.8) is 0 Å². The van der Waals surface area contributed by atoms with Gasteiger partial charge in [0.25, 0.3) is 0 Å². The topological polar surface area (TPSA) is 65.2 Å². The second kappa shape index (κ2) is 6.09. The molecule has 0 unspecified atom stereocenters. The highest BCUT2D eigenvalue weighted by Crippen LogP contribution is 2.18. The van der Waals surface area contributed by atoms with Crippen LogP contribution in [-0.4, -0.2) is 29.8 Å². The van der Waals surface area contributed by atoms with E-state index in [0.29, 0.717) is 11.1 Å². The van der Waals surface area contributed by atoms with Crippen molar-refractivity contribution >= 4 is 16.9 Å². The van der Waals surface area contributed by atoms with Gasteiger partial charge in [0.1, 0.15) is 6.04 Å². The van der Waals surface area contributed by atoms with Gasteiger partial charge in [-0.15, -0.1) is 0 Å². The number of pyridine rings is 1. The summed E-state index contributed by atoms with van der Waals surface area (Å²) in [5.41, 5.74) is 6.95. The largest absolute Gasteiger partial charge is 0.455 e. The fourth-order valence-corrected chi connectivity index (χ4v) is 1.91. The highest BCUT2D eigenvalue weighted by molar-refractivity contribution is 5.83. The number of esters is 1. The van der Waals surface area contributed by atoms with E-state index < -0.39 is 24.8 Å². The number of alkyl halides is 3. The van der Waals surface area contributed by atoms with E-state index in [1.54, 1.807) is 24.4 Å². The van der Waals surface area contributed by atoms with Gasteiger partial charge in [0.15, 0.2) is 6.61 Å². The number of carbonyl (C=O) groups is 1. The molecule has 0 aliphatic carbocycles. The number of nitrogens with two attached hydrogens (primary N) is 1. The number of aromatic nitrogens is 1. The van der Waals surface area contributed by atoms with Gasteiger partial charge in [-0.05, 0) is 11.6 Å². The SMILES string of the molecule is N[C@@H](Cc1cccc2cccnc12)C(=O)OCC(F)(F)F. The van der Waals surface area contributed by atoms with E-state index in [0.717, 1.165) is 5.39 Å². The Kier molecular flexibility index (Phi) is 4.42. The molecule has 0 saturated heterocycles. The lowest BCUT2D eigenvalue weighted by molar-refractivity contribution is -0.187. The first-order chi connectivity index (χ1) is 9.87. The molecule has 21 heavy (non-hydrogen) atoms. The van der Waals surface area contributed by atoms with Gasteiger partial charge in [0, 0.05) is 18.0 Å². The zero-order valence-corrected chi connectivity index (χ0v) is 10.9. The average Bonchev–Trinajstić information content (AvgIpc) is 2.44. The third-order valence-corrected chi connectivity index (χ3v) is 2.84. The monoisotopic (exact) mass is 298 g/mol. The summed E-state index contributed by atoms with van der Waals surface area (Å²) in [7, 11) is 0. The lowest BCUT2D eigenvalue weighted by Crippen LogP contribution is -2.36. The molecule has 1 aromatic carbocycles. The number of hydrogen-bond donors (Lipinski definition) is 1. The number of ether oxygens (including phenoxy) is 1. The Balaban J connectivity index is 2.08. The minimum Gasteiger partial charge on any atom is -0.455 e. The van der Waals surface area contributed by atoms with Gasteiger partial charge in [-0.1, -0.05) is 24.3 Å². The Hall–Kier alpha value is -2.15. The predicted molar refractivity (Wildman–Crippen MR) is 70.4 cm³/mol. The van der Waals surface area contributed by atoms with Crippen LogP contribution in [0.5, 0.6) is 0 Å². The van der Waals surface area contributed by atoms with E-state index in [-0.39, 0.29) is 6.42 Å². The summed E-state index contributed by atoms with van der Waals surface area (Å²) in [6.45, 7) is -1.63. The van der Waals surface area contributed by atoms with Crippen LogP contribution >= 0.6 is 0 Å². The van der Waals surface area contributed by atoms with Gasteiger partial charge in [-0.25, -0.2) is 0 Å². The summed E-state index contributed by atoms with van der Waals surface area (Å²) in [5, 5.41) is 0.867. The second-order valence-corrected chi connectivity index (χ2v) is 4.53. The zero-order chi connectivity index (χ0) is 15.5. The van der Waals surface area contributed by atoms with E-state index in [4.69, 9.17) is 5.73 Å². The molecule has 0 radical (unpaired) electrons. The van der Waals surface area contributed by atoms with Crippen LogP contribution in [0.1, 0.15) is 5.56 Å². The first-order valence-electron chi connectivity index (χ1n) is 6.18. The molecule has 1 aromatic heterocycles. The van der Waals surface area contributed by atoms with E-state index >= 15 is 0 Å². The van der Waals surface area contributed by atoms with Gasteiger partial charge in [-0.3, -0.25) is 9.78 Å². The van der Waals surface area contributed by atoms with Crippen LogP contribution in [0.4, 0.5) is 13.2 Å². The van der Waals surface area contributed by atoms with Crippen molar-refractivity contribution in [2.45, 2.75) is 18.6 Å². The molecule has 0 aliphatic rings. The fraction of sp³-hybridized carbons (Fsp3) is 0.286. The number of para-hydroxylation sites is 1. The van der Waals surface area contributed by atoms with E-state index in [1.165, 1.54) is 0 Å². The third-order valence-electron chi connectivity index (χ3n) is 2.84. The number of rotatable bonds is 4. The van der Waals surface area contributed by atoms with Crippen LogP contribution in [0.25, 0.3) is 10.9 Å². The van der Waals surface area contributed by atoms with Crippen LogP contribution in [0.15, 0.2) is 36.5 Å². The molecule has 1 heterocycles. The Morgan fingerprint density at radius 1 is 1.29 bits per heavy atom. The number of nitrogens with zero attached hydrogens (tertiary/aromatic N) is 1. The number of benzene rings is 1.